The van der Waals surface area contributed by atoms with Gasteiger partial charge >= 0.3 is 6.01 Å². The molecule has 0 atom stereocenters. The second kappa shape index (κ2) is 6.29. The number of aryl methyl sites for hydroxylation is 1. The zero-order valence-electron chi connectivity index (χ0n) is 11.3. The first kappa shape index (κ1) is 13.5. The molecule has 0 radical (unpaired) electrons. The maximum Gasteiger partial charge on any atom is 0.318 e. The van der Waals surface area contributed by atoms with Crippen LogP contribution in [0, 0.1) is 6.92 Å². The van der Waals surface area contributed by atoms with Crippen molar-refractivity contribution in [2.75, 3.05) is 18.0 Å². The molecule has 0 saturated heterocycles. The van der Waals surface area contributed by atoms with E-state index in [1.807, 2.05) is 36.9 Å². The summed E-state index contributed by atoms with van der Waals surface area (Å²) in [6, 6.07) is 6.49. The highest BCUT2D eigenvalue weighted by Gasteiger charge is 2.13. The Balaban J connectivity index is 2.10. The highest BCUT2D eigenvalue weighted by molar-refractivity contribution is 5.26. The smallest absolute Gasteiger partial charge is 0.318 e. The molecule has 2 aromatic rings. The molecule has 19 heavy (non-hydrogen) atoms. The van der Waals surface area contributed by atoms with Gasteiger partial charge in [-0.05, 0) is 26.0 Å². The lowest BCUT2D eigenvalue weighted by Crippen LogP contribution is -2.23. The largest absolute Gasteiger partial charge is 0.408 e. The first-order chi connectivity index (χ1) is 9.22. The second-order valence-electron chi connectivity index (χ2n) is 4.30. The summed E-state index contributed by atoms with van der Waals surface area (Å²) >= 11 is 0. The fourth-order valence-electron chi connectivity index (χ4n) is 1.79. The molecule has 0 aliphatic heterocycles. The Morgan fingerprint density at radius 2 is 2.16 bits per heavy atom. The van der Waals surface area contributed by atoms with Crippen LogP contribution >= 0.6 is 0 Å². The van der Waals surface area contributed by atoms with Crippen LogP contribution in [-0.2, 0) is 13.0 Å². The van der Waals surface area contributed by atoms with E-state index in [9.17, 15) is 0 Å². The fourth-order valence-corrected chi connectivity index (χ4v) is 1.79. The maximum atomic E-state index is 5.58. The number of aromatic nitrogens is 3. The number of hydrogen-bond acceptors (Lipinski definition) is 6. The SMILES string of the molecule is CCN(Cc1cccc(C)n1)c1nnc(CCN)o1. The molecule has 2 rings (SSSR count). The number of pyridine rings is 1. The quantitative estimate of drug-likeness (QED) is 0.844. The summed E-state index contributed by atoms with van der Waals surface area (Å²) in [4.78, 5) is 6.47. The summed E-state index contributed by atoms with van der Waals surface area (Å²) in [7, 11) is 0. The summed E-state index contributed by atoms with van der Waals surface area (Å²) in [6.07, 6.45) is 0.604. The summed E-state index contributed by atoms with van der Waals surface area (Å²) in [5.74, 6) is 0.577. The lowest BCUT2D eigenvalue weighted by molar-refractivity contribution is 0.483. The first-order valence-corrected chi connectivity index (χ1v) is 6.43. The number of hydrogen-bond donors (Lipinski definition) is 1. The molecule has 0 aromatic carbocycles. The fraction of sp³-hybridized carbons (Fsp3) is 0.462. The molecule has 2 aromatic heterocycles. The van der Waals surface area contributed by atoms with Crippen molar-refractivity contribution in [2.24, 2.45) is 5.73 Å². The van der Waals surface area contributed by atoms with Crippen LogP contribution in [0.3, 0.4) is 0 Å². The van der Waals surface area contributed by atoms with E-state index in [2.05, 4.69) is 15.2 Å². The van der Waals surface area contributed by atoms with Crippen molar-refractivity contribution in [3.8, 4) is 0 Å². The van der Waals surface area contributed by atoms with Gasteiger partial charge in [0.15, 0.2) is 0 Å². The first-order valence-electron chi connectivity index (χ1n) is 6.43. The Hall–Kier alpha value is -1.95. The van der Waals surface area contributed by atoms with E-state index >= 15 is 0 Å². The minimum Gasteiger partial charge on any atom is -0.408 e. The third-order valence-electron chi connectivity index (χ3n) is 2.77. The van der Waals surface area contributed by atoms with Crippen molar-refractivity contribution in [2.45, 2.75) is 26.8 Å². The Morgan fingerprint density at radius 3 is 2.84 bits per heavy atom. The summed E-state index contributed by atoms with van der Waals surface area (Å²) in [6.45, 7) is 5.96. The third kappa shape index (κ3) is 3.51. The second-order valence-corrected chi connectivity index (χ2v) is 4.30. The maximum absolute atomic E-state index is 5.58. The van der Waals surface area contributed by atoms with E-state index in [1.54, 1.807) is 0 Å². The van der Waals surface area contributed by atoms with Gasteiger partial charge in [-0.15, -0.1) is 5.10 Å². The number of rotatable bonds is 6. The van der Waals surface area contributed by atoms with Gasteiger partial charge in [0.2, 0.25) is 5.89 Å². The normalized spacial score (nSPS) is 10.7. The molecule has 0 amide bonds. The van der Waals surface area contributed by atoms with Crippen LogP contribution in [0.15, 0.2) is 22.6 Å². The van der Waals surface area contributed by atoms with E-state index in [1.165, 1.54) is 0 Å². The van der Waals surface area contributed by atoms with Crippen LogP contribution in [0.4, 0.5) is 6.01 Å². The molecular formula is C13H19N5O. The zero-order valence-corrected chi connectivity index (χ0v) is 11.3. The molecule has 0 saturated carbocycles. The van der Waals surface area contributed by atoms with Crippen LogP contribution in [-0.4, -0.2) is 28.3 Å². The lowest BCUT2D eigenvalue weighted by Gasteiger charge is -2.17. The number of anilines is 1. The van der Waals surface area contributed by atoms with Crippen molar-refractivity contribution >= 4 is 6.01 Å². The molecule has 6 heteroatoms. The lowest BCUT2D eigenvalue weighted by atomic mass is 10.3. The van der Waals surface area contributed by atoms with Crippen molar-refractivity contribution in [3.05, 3.63) is 35.5 Å². The zero-order chi connectivity index (χ0) is 13.7. The van der Waals surface area contributed by atoms with Crippen LogP contribution in [0.2, 0.25) is 0 Å². The van der Waals surface area contributed by atoms with E-state index in [0.29, 0.717) is 31.4 Å². The predicted octanol–water partition coefficient (Wildman–Crippen LogP) is 1.30. The van der Waals surface area contributed by atoms with Gasteiger partial charge in [-0.3, -0.25) is 4.98 Å². The molecule has 0 aliphatic carbocycles. The molecule has 0 spiro atoms. The van der Waals surface area contributed by atoms with Crippen LogP contribution in [0.25, 0.3) is 0 Å². The van der Waals surface area contributed by atoms with Crippen molar-refractivity contribution in [3.63, 3.8) is 0 Å². The molecule has 6 nitrogen and oxygen atoms in total. The third-order valence-corrected chi connectivity index (χ3v) is 2.77. The molecular weight excluding hydrogens is 242 g/mol. The number of nitrogens with zero attached hydrogens (tertiary/aromatic N) is 4. The van der Waals surface area contributed by atoms with E-state index in [4.69, 9.17) is 10.2 Å². The Bertz CT molecular complexity index is 525. The van der Waals surface area contributed by atoms with Crippen molar-refractivity contribution < 1.29 is 4.42 Å². The van der Waals surface area contributed by atoms with Crippen LogP contribution in [0.5, 0.6) is 0 Å². The molecule has 0 fully saturated rings. The van der Waals surface area contributed by atoms with E-state index in [0.717, 1.165) is 17.9 Å². The summed E-state index contributed by atoms with van der Waals surface area (Å²) in [5, 5.41) is 8.03. The predicted molar refractivity (Wildman–Crippen MR) is 72.8 cm³/mol. The summed E-state index contributed by atoms with van der Waals surface area (Å²) < 4.78 is 5.58. The van der Waals surface area contributed by atoms with Crippen LogP contribution in [0.1, 0.15) is 24.2 Å². The topological polar surface area (TPSA) is 81.1 Å². The van der Waals surface area contributed by atoms with Crippen molar-refractivity contribution in [1.82, 2.24) is 15.2 Å². The van der Waals surface area contributed by atoms with Gasteiger partial charge in [0.05, 0.1) is 12.2 Å². The van der Waals surface area contributed by atoms with Crippen LogP contribution < -0.4 is 10.6 Å². The Labute approximate surface area is 112 Å². The standard InChI is InChI=1S/C13H19N5O/c1-3-18(9-11-6-4-5-10(2)15-11)13-17-16-12(19-13)7-8-14/h4-6H,3,7-9,14H2,1-2H3. The Kier molecular flexibility index (Phi) is 4.46. The average molecular weight is 261 g/mol. The molecule has 2 heterocycles. The number of nitrogens with two attached hydrogens (primary N) is 1. The molecule has 2 N–H and O–H groups in total. The molecule has 0 unspecified atom stereocenters. The summed E-state index contributed by atoms with van der Waals surface area (Å²) in [5.41, 5.74) is 7.46. The monoisotopic (exact) mass is 261 g/mol. The molecule has 102 valence electrons. The van der Waals surface area contributed by atoms with Gasteiger partial charge in [0.25, 0.3) is 0 Å². The van der Waals surface area contributed by atoms with Crippen molar-refractivity contribution in [1.29, 1.82) is 0 Å². The van der Waals surface area contributed by atoms with E-state index < -0.39 is 0 Å². The minimum atomic E-state index is 0.507. The van der Waals surface area contributed by atoms with Gasteiger partial charge < -0.3 is 15.1 Å². The van der Waals surface area contributed by atoms with E-state index in [-0.39, 0.29) is 0 Å². The van der Waals surface area contributed by atoms with Gasteiger partial charge in [-0.1, -0.05) is 11.2 Å². The highest BCUT2D eigenvalue weighted by atomic mass is 16.4. The average Bonchev–Trinajstić information content (AvgIpc) is 2.85. The highest BCUT2D eigenvalue weighted by Crippen LogP contribution is 2.15. The van der Waals surface area contributed by atoms with Gasteiger partial charge in [-0.2, -0.15) is 0 Å². The van der Waals surface area contributed by atoms with Gasteiger partial charge in [-0.25, -0.2) is 0 Å². The minimum absolute atomic E-state index is 0.507. The Morgan fingerprint density at radius 1 is 1.32 bits per heavy atom. The molecule has 0 aliphatic rings. The van der Waals surface area contributed by atoms with Gasteiger partial charge in [0.1, 0.15) is 0 Å². The van der Waals surface area contributed by atoms with Gasteiger partial charge in [0, 0.05) is 25.2 Å². The molecule has 0 bridgehead atoms.